The van der Waals surface area contributed by atoms with E-state index in [0.717, 1.165) is 50.1 Å². The van der Waals surface area contributed by atoms with Crippen LogP contribution in [-0.2, 0) is 0 Å². The molecule has 62 heavy (non-hydrogen) atoms. The molecule has 0 bridgehead atoms. The Kier molecular flexibility index (Phi) is 8.53. The molecular formula is C60H39NO. The average Bonchev–Trinajstić information content (AvgIpc) is 3.73. The van der Waals surface area contributed by atoms with E-state index in [4.69, 9.17) is 4.42 Å². The normalized spacial score (nSPS) is 11.5. The SMILES string of the molecule is c1cc(-c2cccc3oc4ccccc4c23)cc(N(c2ccc(-c3ccc(-c4cccc5c4ccc4ccccc45)cc3)cc2)c2ccc(-c3cccc4ccccc34)cc2)c1. The number of hydrogen-bond donors (Lipinski definition) is 0. The van der Waals surface area contributed by atoms with Crippen LogP contribution in [0.2, 0.25) is 0 Å². The Morgan fingerprint density at radius 1 is 0.258 bits per heavy atom. The summed E-state index contributed by atoms with van der Waals surface area (Å²) in [4.78, 5) is 2.36. The summed E-state index contributed by atoms with van der Waals surface area (Å²) in [5.74, 6) is 0. The second-order valence-corrected chi connectivity index (χ2v) is 16.0. The predicted octanol–water partition coefficient (Wildman–Crippen LogP) is 17.2. The molecule has 0 radical (unpaired) electrons. The summed E-state index contributed by atoms with van der Waals surface area (Å²) in [5, 5.41) is 9.86. The van der Waals surface area contributed by atoms with Crippen LogP contribution < -0.4 is 4.90 Å². The third-order valence-corrected chi connectivity index (χ3v) is 12.5. The summed E-state index contributed by atoms with van der Waals surface area (Å²) < 4.78 is 6.30. The lowest BCUT2D eigenvalue weighted by Gasteiger charge is -2.26. The lowest BCUT2D eigenvalue weighted by atomic mass is 9.93. The largest absolute Gasteiger partial charge is 0.456 e. The van der Waals surface area contributed by atoms with Crippen molar-refractivity contribution in [2.24, 2.45) is 0 Å². The van der Waals surface area contributed by atoms with E-state index in [1.807, 2.05) is 12.1 Å². The number of hydrogen-bond acceptors (Lipinski definition) is 2. The first-order valence-electron chi connectivity index (χ1n) is 21.2. The topological polar surface area (TPSA) is 16.4 Å². The van der Waals surface area contributed by atoms with Crippen LogP contribution in [0.15, 0.2) is 241 Å². The molecule has 1 aromatic heterocycles. The molecule has 0 saturated heterocycles. The van der Waals surface area contributed by atoms with E-state index < -0.39 is 0 Å². The quantitative estimate of drug-likeness (QED) is 0.150. The van der Waals surface area contributed by atoms with Crippen LogP contribution in [0.25, 0.3) is 98.8 Å². The molecule has 0 N–H and O–H groups in total. The fourth-order valence-electron chi connectivity index (χ4n) is 9.48. The highest BCUT2D eigenvalue weighted by Crippen LogP contribution is 2.42. The minimum absolute atomic E-state index is 0.893. The van der Waals surface area contributed by atoms with Crippen LogP contribution >= 0.6 is 0 Å². The second-order valence-electron chi connectivity index (χ2n) is 16.0. The van der Waals surface area contributed by atoms with Gasteiger partial charge in [-0.05, 0) is 125 Å². The van der Waals surface area contributed by atoms with Gasteiger partial charge >= 0.3 is 0 Å². The maximum Gasteiger partial charge on any atom is 0.136 e. The van der Waals surface area contributed by atoms with Gasteiger partial charge in [-0.3, -0.25) is 0 Å². The van der Waals surface area contributed by atoms with Crippen LogP contribution in [0.3, 0.4) is 0 Å². The molecule has 2 nitrogen and oxygen atoms in total. The highest BCUT2D eigenvalue weighted by atomic mass is 16.3. The summed E-state index contributed by atoms with van der Waals surface area (Å²) >= 11 is 0. The van der Waals surface area contributed by atoms with Gasteiger partial charge in [-0.1, -0.05) is 188 Å². The Labute approximate surface area is 360 Å². The molecule has 0 aliphatic carbocycles. The number of anilines is 3. The first-order valence-corrected chi connectivity index (χ1v) is 21.2. The Balaban J connectivity index is 0.926. The van der Waals surface area contributed by atoms with Crippen molar-refractivity contribution in [1.82, 2.24) is 0 Å². The van der Waals surface area contributed by atoms with E-state index in [1.54, 1.807) is 0 Å². The van der Waals surface area contributed by atoms with E-state index in [9.17, 15) is 0 Å². The number of benzene rings is 11. The Morgan fingerprint density at radius 3 is 1.52 bits per heavy atom. The van der Waals surface area contributed by atoms with E-state index in [2.05, 4.69) is 229 Å². The van der Waals surface area contributed by atoms with Gasteiger partial charge in [0.2, 0.25) is 0 Å². The van der Waals surface area contributed by atoms with Gasteiger partial charge in [0.1, 0.15) is 11.2 Å². The molecule has 0 aliphatic rings. The molecule has 12 rings (SSSR count). The van der Waals surface area contributed by atoms with E-state index in [0.29, 0.717) is 0 Å². The van der Waals surface area contributed by atoms with Crippen LogP contribution in [0.4, 0.5) is 17.1 Å². The van der Waals surface area contributed by atoms with Crippen molar-refractivity contribution in [3.63, 3.8) is 0 Å². The fraction of sp³-hybridized carbons (Fsp3) is 0. The van der Waals surface area contributed by atoms with Crippen LogP contribution in [0.1, 0.15) is 0 Å². The van der Waals surface area contributed by atoms with Crippen LogP contribution in [0, 0.1) is 0 Å². The van der Waals surface area contributed by atoms with Crippen molar-refractivity contribution in [2.75, 3.05) is 4.90 Å². The molecule has 0 saturated carbocycles. The minimum atomic E-state index is 0.893. The average molecular weight is 790 g/mol. The van der Waals surface area contributed by atoms with Gasteiger partial charge in [-0.2, -0.15) is 0 Å². The van der Waals surface area contributed by atoms with Gasteiger partial charge in [-0.25, -0.2) is 0 Å². The summed E-state index contributed by atoms with van der Waals surface area (Å²) in [6, 6.07) is 85.4. The third-order valence-electron chi connectivity index (χ3n) is 12.5. The molecule has 1 heterocycles. The fourth-order valence-corrected chi connectivity index (χ4v) is 9.48. The number of furan rings is 1. The maximum atomic E-state index is 6.30. The number of para-hydroxylation sites is 1. The standard InChI is InChI=1S/C60H39NO/c1-3-16-50-42(11-1)13-8-19-51(50)45-31-36-48(37-32-45)61(49-15-7-14-46(39-49)54-21-10-24-59-60(54)57-18-5-6-23-58(57)62-59)47-34-29-41(30-35-47)40-25-27-44(28-26-40)53-20-9-22-55-52-17-4-2-12-43(52)33-38-56(53)55/h1-39H. The van der Waals surface area contributed by atoms with Crippen molar-refractivity contribution in [1.29, 1.82) is 0 Å². The zero-order valence-corrected chi connectivity index (χ0v) is 33.9. The smallest absolute Gasteiger partial charge is 0.136 e. The highest BCUT2D eigenvalue weighted by Gasteiger charge is 2.17. The molecular weight excluding hydrogens is 751 g/mol. The zero-order valence-electron chi connectivity index (χ0n) is 33.9. The Morgan fingerprint density at radius 2 is 0.758 bits per heavy atom. The van der Waals surface area contributed by atoms with Gasteiger partial charge in [0.05, 0.1) is 0 Å². The van der Waals surface area contributed by atoms with Crippen LogP contribution in [0.5, 0.6) is 0 Å². The first kappa shape index (κ1) is 35.7. The Bertz CT molecular complexity index is 3610. The number of nitrogens with zero attached hydrogens (tertiary/aromatic N) is 1. The lowest BCUT2D eigenvalue weighted by Crippen LogP contribution is -2.10. The molecule has 0 spiro atoms. The molecule has 12 aromatic rings. The summed E-state index contributed by atoms with van der Waals surface area (Å²) in [7, 11) is 0. The van der Waals surface area contributed by atoms with Crippen molar-refractivity contribution >= 4 is 71.3 Å². The molecule has 2 heteroatoms. The predicted molar refractivity (Wildman–Crippen MR) is 263 cm³/mol. The van der Waals surface area contributed by atoms with Gasteiger partial charge in [0.15, 0.2) is 0 Å². The number of rotatable bonds is 7. The lowest BCUT2D eigenvalue weighted by molar-refractivity contribution is 0.669. The summed E-state index contributed by atoms with van der Waals surface area (Å²) in [5.41, 5.74) is 14.5. The highest BCUT2D eigenvalue weighted by molar-refractivity contribution is 6.13. The minimum Gasteiger partial charge on any atom is -0.456 e. The van der Waals surface area contributed by atoms with Gasteiger partial charge in [0, 0.05) is 27.8 Å². The Hall–Kier alpha value is -8.20. The zero-order chi connectivity index (χ0) is 41.0. The second kappa shape index (κ2) is 14.8. The molecule has 0 fully saturated rings. The number of fused-ring (bicyclic) bond motifs is 7. The monoisotopic (exact) mass is 789 g/mol. The summed E-state index contributed by atoms with van der Waals surface area (Å²) in [6.07, 6.45) is 0. The van der Waals surface area contributed by atoms with Crippen molar-refractivity contribution in [2.45, 2.75) is 0 Å². The maximum absolute atomic E-state index is 6.30. The summed E-state index contributed by atoms with van der Waals surface area (Å²) in [6.45, 7) is 0. The van der Waals surface area contributed by atoms with E-state index >= 15 is 0 Å². The van der Waals surface area contributed by atoms with Crippen molar-refractivity contribution < 1.29 is 4.42 Å². The van der Waals surface area contributed by atoms with E-state index in [1.165, 1.54) is 65.7 Å². The molecule has 0 aliphatic heterocycles. The van der Waals surface area contributed by atoms with Gasteiger partial charge < -0.3 is 9.32 Å². The molecule has 11 aromatic carbocycles. The molecule has 290 valence electrons. The van der Waals surface area contributed by atoms with Crippen LogP contribution in [-0.4, -0.2) is 0 Å². The van der Waals surface area contributed by atoms with E-state index in [-0.39, 0.29) is 0 Å². The molecule has 0 atom stereocenters. The van der Waals surface area contributed by atoms with Crippen molar-refractivity contribution in [3.8, 4) is 44.5 Å². The molecule has 0 unspecified atom stereocenters. The molecule has 0 amide bonds. The van der Waals surface area contributed by atoms with Gasteiger partial charge in [0.25, 0.3) is 0 Å². The van der Waals surface area contributed by atoms with Gasteiger partial charge in [-0.15, -0.1) is 0 Å². The third kappa shape index (κ3) is 6.12. The van der Waals surface area contributed by atoms with Crippen molar-refractivity contribution in [3.05, 3.63) is 237 Å². The first-order chi connectivity index (χ1) is 30.7.